The number of hydrogen-bond donors (Lipinski definition) is 2. The van der Waals surface area contributed by atoms with Crippen LogP contribution in [0.5, 0.6) is 0 Å². The van der Waals surface area contributed by atoms with Crippen molar-refractivity contribution >= 4 is 17.6 Å². The summed E-state index contributed by atoms with van der Waals surface area (Å²) in [5, 5.41) is 15.7. The summed E-state index contributed by atoms with van der Waals surface area (Å²) < 4.78 is 1.74. The number of aromatic carboxylic acids is 1. The molecule has 7 nitrogen and oxygen atoms in total. The minimum atomic E-state index is -1.08. The number of hydrogen-bond acceptors (Lipinski definition) is 5. The van der Waals surface area contributed by atoms with E-state index in [1.165, 1.54) is 12.3 Å². The van der Waals surface area contributed by atoms with Gasteiger partial charge >= 0.3 is 5.97 Å². The number of carboxylic acids is 1. The van der Waals surface area contributed by atoms with Gasteiger partial charge in [-0.15, -0.1) is 0 Å². The number of nitrogens with zero attached hydrogens (tertiary/aromatic N) is 4. The normalized spacial score (nSPS) is 10.2. The number of nitrogens with one attached hydrogen (secondary N) is 1. The van der Waals surface area contributed by atoms with Crippen LogP contribution in [0.4, 0.5) is 11.6 Å². The van der Waals surface area contributed by atoms with Crippen molar-refractivity contribution in [2.45, 2.75) is 13.5 Å². The van der Waals surface area contributed by atoms with Crippen LogP contribution in [-0.4, -0.2) is 30.8 Å². The zero-order valence-corrected chi connectivity index (χ0v) is 9.16. The molecule has 0 aliphatic heterocycles. The lowest BCUT2D eigenvalue weighted by Crippen LogP contribution is -2.04. The molecule has 2 heterocycles. The molecule has 17 heavy (non-hydrogen) atoms. The molecule has 88 valence electrons. The fourth-order valence-corrected chi connectivity index (χ4v) is 1.27. The number of anilines is 2. The quantitative estimate of drug-likeness (QED) is 0.822. The van der Waals surface area contributed by atoms with Crippen LogP contribution in [0.3, 0.4) is 0 Å². The fourth-order valence-electron chi connectivity index (χ4n) is 1.27. The van der Waals surface area contributed by atoms with Crippen molar-refractivity contribution < 1.29 is 9.90 Å². The highest BCUT2D eigenvalue weighted by atomic mass is 16.4. The molecule has 0 amide bonds. The molecule has 0 aliphatic carbocycles. The van der Waals surface area contributed by atoms with Gasteiger partial charge in [-0.05, 0) is 13.0 Å². The summed E-state index contributed by atoms with van der Waals surface area (Å²) in [5.41, 5.74) is 0.666. The van der Waals surface area contributed by atoms with Crippen LogP contribution in [0, 0.1) is 0 Å². The lowest BCUT2D eigenvalue weighted by atomic mass is 10.4. The van der Waals surface area contributed by atoms with Crippen LogP contribution in [0.2, 0.25) is 0 Å². The number of carboxylic acid groups (broad SMARTS) is 1. The summed E-state index contributed by atoms with van der Waals surface area (Å²) >= 11 is 0. The highest BCUT2D eigenvalue weighted by Gasteiger charge is 2.06. The van der Waals surface area contributed by atoms with Crippen molar-refractivity contribution in [2.24, 2.45) is 0 Å². The van der Waals surface area contributed by atoms with Crippen molar-refractivity contribution in [1.29, 1.82) is 0 Å². The van der Waals surface area contributed by atoms with Gasteiger partial charge in [0.15, 0.2) is 5.69 Å². The Labute approximate surface area is 97.1 Å². The third kappa shape index (κ3) is 2.57. The molecule has 2 aromatic rings. The molecule has 2 aromatic heterocycles. The predicted molar refractivity (Wildman–Crippen MR) is 60.2 cm³/mol. The summed E-state index contributed by atoms with van der Waals surface area (Å²) in [6.45, 7) is 2.73. The highest BCUT2D eigenvalue weighted by molar-refractivity contribution is 5.85. The monoisotopic (exact) mass is 233 g/mol. The second kappa shape index (κ2) is 4.60. The second-order valence-electron chi connectivity index (χ2n) is 3.28. The van der Waals surface area contributed by atoms with Crippen molar-refractivity contribution in [1.82, 2.24) is 19.7 Å². The molecule has 0 atom stereocenters. The first-order valence-corrected chi connectivity index (χ1v) is 5.05. The molecule has 2 rings (SSSR count). The minimum absolute atomic E-state index is 0.0506. The van der Waals surface area contributed by atoms with Gasteiger partial charge < -0.3 is 10.4 Å². The summed E-state index contributed by atoms with van der Waals surface area (Å²) in [7, 11) is 0. The van der Waals surface area contributed by atoms with Gasteiger partial charge in [0, 0.05) is 18.9 Å². The lowest BCUT2D eigenvalue weighted by molar-refractivity contribution is 0.0690. The van der Waals surface area contributed by atoms with Crippen molar-refractivity contribution in [3.05, 3.63) is 30.4 Å². The Balaban J connectivity index is 2.18. The molecular weight excluding hydrogens is 222 g/mol. The Bertz CT molecular complexity index is 537. The Kier molecular flexibility index (Phi) is 2.99. The van der Waals surface area contributed by atoms with E-state index in [1.54, 1.807) is 17.1 Å². The Morgan fingerprint density at radius 2 is 2.41 bits per heavy atom. The molecule has 0 bridgehead atoms. The average molecular weight is 233 g/mol. The van der Waals surface area contributed by atoms with E-state index >= 15 is 0 Å². The van der Waals surface area contributed by atoms with E-state index < -0.39 is 5.97 Å². The van der Waals surface area contributed by atoms with Crippen molar-refractivity contribution in [3.8, 4) is 0 Å². The maximum absolute atomic E-state index is 10.7. The third-order valence-corrected chi connectivity index (χ3v) is 2.09. The Hall–Kier alpha value is -2.44. The topological polar surface area (TPSA) is 92.9 Å². The molecule has 0 spiro atoms. The van der Waals surface area contributed by atoms with Gasteiger partial charge in [0.2, 0.25) is 5.95 Å². The largest absolute Gasteiger partial charge is 0.477 e. The standard InChI is InChI=1S/C10H11N5O2/c1-2-15-6-7(5-12-15)13-10-11-4-3-8(14-10)9(16)17/h3-6H,2H2,1H3,(H,16,17)(H,11,13,14). The van der Waals surface area contributed by atoms with Gasteiger partial charge in [-0.1, -0.05) is 0 Å². The molecular formula is C10H11N5O2. The van der Waals surface area contributed by atoms with Gasteiger partial charge in [-0.2, -0.15) is 5.10 Å². The first-order chi connectivity index (χ1) is 8.19. The van der Waals surface area contributed by atoms with Gasteiger partial charge in [0.1, 0.15) is 0 Å². The van der Waals surface area contributed by atoms with Crippen LogP contribution in [0.15, 0.2) is 24.7 Å². The lowest BCUT2D eigenvalue weighted by Gasteiger charge is -2.01. The van der Waals surface area contributed by atoms with Gasteiger partial charge in [0.05, 0.1) is 11.9 Å². The maximum atomic E-state index is 10.7. The third-order valence-electron chi connectivity index (χ3n) is 2.09. The van der Waals surface area contributed by atoms with Gasteiger partial charge in [-0.3, -0.25) is 4.68 Å². The Morgan fingerprint density at radius 1 is 1.59 bits per heavy atom. The molecule has 7 heteroatoms. The van der Waals surface area contributed by atoms with E-state index in [0.29, 0.717) is 0 Å². The molecule has 0 aliphatic rings. The van der Waals surface area contributed by atoms with Gasteiger partial charge in [0.25, 0.3) is 0 Å². The van der Waals surface area contributed by atoms with E-state index in [1.807, 2.05) is 6.92 Å². The zero-order valence-electron chi connectivity index (χ0n) is 9.16. The second-order valence-corrected chi connectivity index (χ2v) is 3.28. The van der Waals surface area contributed by atoms with Crippen LogP contribution in [0.1, 0.15) is 17.4 Å². The number of aromatic nitrogens is 4. The zero-order chi connectivity index (χ0) is 12.3. The van der Waals surface area contributed by atoms with Crippen molar-refractivity contribution in [2.75, 3.05) is 5.32 Å². The van der Waals surface area contributed by atoms with E-state index in [2.05, 4.69) is 20.4 Å². The molecule has 0 unspecified atom stereocenters. The first kappa shape index (κ1) is 11.1. The number of aryl methyl sites for hydroxylation is 1. The molecule has 0 radical (unpaired) electrons. The summed E-state index contributed by atoms with van der Waals surface area (Å²) in [4.78, 5) is 18.5. The molecule has 2 N–H and O–H groups in total. The van der Waals surface area contributed by atoms with Crippen LogP contribution >= 0.6 is 0 Å². The average Bonchev–Trinajstić information content (AvgIpc) is 2.77. The number of rotatable bonds is 4. The summed E-state index contributed by atoms with van der Waals surface area (Å²) in [6, 6.07) is 1.34. The van der Waals surface area contributed by atoms with E-state index in [0.717, 1.165) is 12.2 Å². The van der Waals surface area contributed by atoms with Crippen LogP contribution in [0.25, 0.3) is 0 Å². The molecule has 0 fully saturated rings. The van der Waals surface area contributed by atoms with E-state index in [-0.39, 0.29) is 11.6 Å². The van der Waals surface area contributed by atoms with Crippen LogP contribution in [-0.2, 0) is 6.54 Å². The molecule has 0 saturated carbocycles. The van der Waals surface area contributed by atoms with Gasteiger partial charge in [-0.25, -0.2) is 14.8 Å². The fraction of sp³-hybridized carbons (Fsp3) is 0.200. The highest BCUT2D eigenvalue weighted by Crippen LogP contribution is 2.11. The molecule has 0 aromatic carbocycles. The van der Waals surface area contributed by atoms with Crippen molar-refractivity contribution in [3.63, 3.8) is 0 Å². The number of carbonyl (C=O) groups is 1. The Morgan fingerprint density at radius 3 is 3.06 bits per heavy atom. The maximum Gasteiger partial charge on any atom is 0.354 e. The SMILES string of the molecule is CCn1cc(Nc2nccc(C(=O)O)n2)cn1. The predicted octanol–water partition coefficient (Wildman–Crippen LogP) is 1.13. The summed E-state index contributed by atoms with van der Waals surface area (Å²) in [6.07, 6.45) is 4.81. The smallest absolute Gasteiger partial charge is 0.354 e. The summed E-state index contributed by atoms with van der Waals surface area (Å²) in [5.74, 6) is -0.847. The molecule has 0 saturated heterocycles. The van der Waals surface area contributed by atoms with E-state index in [9.17, 15) is 4.79 Å². The van der Waals surface area contributed by atoms with Crippen LogP contribution < -0.4 is 5.32 Å². The first-order valence-electron chi connectivity index (χ1n) is 5.05. The van der Waals surface area contributed by atoms with E-state index in [4.69, 9.17) is 5.11 Å². The minimum Gasteiger partial charge on any atom is -0.477 e.